The molecule has 1 aromatic carbocycles. The minimum atomic E-state index is 0.357. The molecule has 0 amide bonds. The zero-order valence-electron chi connectivity index (χ0n) is 12.0. The van der Waals surface area contributed by atoms with Crippen molar-refractivity contribution in [3.8, 4) is 5.75 Å². The van der Waals surface area contributed by atoms with Crippen LogP contribution in [0.15, 0.2) is 36.7 Å². The van der Waals surface area contributed by atoms with E-state index in [2.05, 4.69) is 34.6 Å². The number of aromatic amines is 1. The molecule has 1 aliphatic rings. The van der Waals surface area contributed by atoms with Gasteiger partial charge in [0.25, 0.3) is 0 Å². The zero-order valence-corrected chi connectivity index (χ0v) is 12.0. The van der Waals surface area contributed by atoms with Crippen molar-refractivity contribution in [3.05, 3.63) is 47.8 Å². The van der Waals surface area contributed by atoms with E-state index in [1.165, 1.54) is 24.0 Å². The van der Waals surface area contributed by atoms with E-state index in [9.17, 15) is 0 Å². The highest BCUT2D eigenvalue weighted by molar-refractivity contribution is 5.31. The van der Waals surface area contributed by atoms with Crippen LogP contribution < -0.4 is 10.1 Å². The van der Waals surface area contributed by atoms with Gasteiger partial charge in [-0.3, -0.25) is 5.10 Å². The van der Waals surface area contributed by atoms with Gasteiger partial charge in [-0.2, -0.15) is 5.10 Å². The van der Waals surface area contributed by atoms with E-state index >= 15 is 0 Å². The van der Waals surface area contributed by atoms with Gasteiger partial charge in [0.15, 0.2) is 0 Å². The van der Waals surface area contributed by atoms with Crippen LogP contribution >= 0.6 is 0 Å². The monoisotopic (exact) mass is 271 g/mol. The van der Waals surface area contributed by atoms with Crippen molar-refractivity contribution in [1.82, 2.24) is 15.5 Å². The SMILES string of the molecule is COc1ccc(C2CC(NC(C)c3cn[nH]c3)C2)cc1. The zero-order chi connectivity index (χ0) is 13.9. The van der Waals surface area contributed by atoms with E-state index in [1.807, 2.05) is 24.5 Å². The first kappa shape index (κ1) is 13.2. The van der Waals surface area contributed by atoms with E-state index in [0.717, 1.165) is 5.75 Å². The smallest absolute Gasteiger partial charge is 0.118 e. The molecule has 2 aromatic rings. The van der Waals surface area contributed by atoms with Crippen molar-refractivity contribution in [1.29, 1.82) is 0 Å². The van der Waals surface area contributed by atoms with E-state index in [-0.39, 0.29) is 0 Å². The molecule has 3 rings (SSSR count). The van der Waals surface area contributed by atoms with Crippen molar-refractivity contribution in [3.63, 3.8) is 0 Å². The fraction of sp³-hybridized carbons (Fsp3) is 0.438. The van der Waals surface area contributed by atoms with E-state index in [1.54, 1.807) is 7.11 Å². The van der Waals surface area contributed by atoms with Gasteiger partial charge in [-0.1, -0.05) is 12.1 Å². The molecular formula is C16H21N3O. The summed E-state index contributed by atoms with van der Waals surface area (Å²) in [6.45, 7) is 2.19. The standard InChI is InChI=1S/C16H21N3O/c1-11(14-9-17-18-10-14)19-15-7-13(8-15)12-3-5-16(20-2)6-4-12/h3-6,9-11,13,15,19H,7-8H2,1-2H3,(H,17,18). The molecule has 20 heavy (non-hydrogen) atoms. The average molecular weight is 271 g/mol. The molecule has 2 N–H and O–H groups in total. The second-order valence-corrected chi connectivity index (χ2v) is 5.56. The lowest BCUT2D eigenvalue weighted by molar-refractivity contribution is 0.271. The Kier molecular flexibility index (Phi) is 3.74. The van der Waals surface area contributed by atoms with Crippen molar-refractivity contribution in [2.75, 3.05) is 7.11 Å². The highest BCUT2D eigenvalue weighted by Crippen LogP contribution is 2.38. The third kappa shape index (κ3) is 2.70. The number of ether oxygens (including phenoxy) is 1. The molecule has 1 aromatic heterocycles. The molecule has 1 unspecified atom stereocenters. The highest BCUT2D eigenvalue weighted by atomic mass is 16.5. The predicted octanol–water partition coefficient (Wildman–Crippen LogP) is 3.02. The van der Waals surface area contributed by atoms with E-state index < -0.39 is 0 Å². The lowest BCUT2D eigenvalue weighted by atomic mass is 9.75. The number of nitrogens with zero attached hydrogens (tertiary/aromatic N) is 1. The first-order valence-corrected chi connectivity index (χ1v) is 7.15. The Morgan fingerprint density at radius 1 is 1.30 bits per heavy atom. The number of hydrogen-bond donors (Lipinski definition) is 2. The molecule has 4 nitrogen and oxygen atoms in total. The molecule has 0 saturated heterocycles. The third-order valence-corrected chi connectivity index (χ3v) is 4.23. The first-order valence-electron chi connectivity index (χ1n) is 7.15. The second-order valence-electron chi connectivity index (χ2n) is 5.56. The van der Waals surface area contributed by atoms with Crippen LogP contribution in [-0.2, 0) is 0 Å². The van der Waals surface area contributed by atoms with Gasteiger partial charge in [0.2, 0.25) is 0 Å². The van der Waals surface area contributed by atoms with Gasteiger partial charge < -0.3 is 10.1 Å². The summed E-state index contributed by atoms with van der Waals surface area (Å²) in [4.78, 5) is 0. The molecular weight excluding hydrogens is 250 g/mol. The topological polar surface area (TPSA) is 49.9 Å². The van der Waals surface area contributed by atoms with Crippen LogP contribution in [0.3, 0.4) is 0 Å². The van der Waals surface area contributed by atoms with Crippen LogP contribution in [0.1, 0.15) is 42.9 Å². The molecule has 0 spiro atoms. The van der Waals surface area contributed by atoms with Crippen LogP contribution in [0.25, 0.3) is 0 Å². The molecule has 0 bridgehead atoms. The average Bonchev–Trinajstić information content (AvgIpc) is 2.96. The van der Waals surface area contributed by atoms with Gasteiger partial charge in [-0.25, -0.2) is 0 Å². The van der Waals surface area contributed by atoms with Crippen LogP contribution in [-0.4, -0.2) is 23.3 Å². The van der Waals surface area contributed by atoms with Crippen LogP contribution in [0.2, 0.25) is 0 Å². The maximum Gasteiger partial charge on any atom is 0.118 e. The first-order chi connectivity index (χ1) is 9.76. The normalized spacial score (nSPS) is 23.1. The molecule has 1 aliphatic carbocycles. The molecule has 1 fully saturated rings. The number of nitrogens with one attached hydrogen (secondary N) is 2. The summed E-state index contributed by atoms with van der Waals surface area (Å²) in [7, 11) is 1.70. The molecule has 106 valence electrons. The number of hydrogen-bond acceptors (Lipinski definition) is 3. The molecule has 4 heteroatoms. The molecule has 1 heterocycles. The lowest BCUT2D eigenvalue weighted by Gasteiger charge is -2.38. The number of aromatic nitrogens is 2. The largest absolute Gasteiger partial charge is 0.497 e. The van der Waals surface area contributed by atoms with Gasteiger partial charge in [-0.15, -0.1) is 0 Å². The maximum atomic E-state index is 5.19. The van der Waals surface area contributed by atoms with Gasteiger partial charge in [0.1, 0.15) is 5.75 Å². The minimum absolute atomic E-state index is 0.357. The Labute approximate surface area is 119 Å². The summed E-state index contributed by atoms with van der Waals surface area (Å²) in [5.41, 5.74) is 2.64. The quantitative estimate of drug-likeness (QED) is 0.879. The fourth-order valence-electron chi connectivity index (χ4n) is 2.85. The summed E-state index contributed by atoms with van der Waals surface area (Å²) in [6, 6.07) is 9.41. The third-order valence-electron chi connectivity index (χ3n) is 4.23. The van der Waals surface area contributed by atoms with Gasteiger partial charge in [0.05, 0.1) is 13.3 Å². The number of rotatable bonds is 5. The Morgan fingerprint density at radius 3 is 2.65 bits per heavy atom. The second kappa shape index (κ2) is 5.67. The van der Waals surface area contributed by atoms with Gasteiger partial charge >= 0.3 is 0 Å². The summed E-state index contributed by atoms with van der Waals surface area (Å²) in [6.07, 6.45) is 6.25. The van der Waals surface area contributed by atoms with Crippen LogP contribution in [0.4, 0.5) is 0 Å². The van der Waals surface area contributed by atoms with Crippen molar-refractivity contribution in [2.24, 2.45) is 0 Å². The predicted molar refractivity (Wildman–Crippen MR) is 78.9 cm³/mol. The summed E-state index contributed by atoms with van der Waals surface area (Å²) < 4.78 is 5.19. The number of benzene rings is 1. The number of H-pyrrole nitrogens is 1. The van der Waals surface area contributed by atoms with Gasteiger partial charge in [0, 0.05) is 23.8 Å². The molecule has 1 saturated carbocycles. The molecule has 0 radical (unpaired) electrons. The molecule has 1 atom stereocenters. The van der Waals surface area contributed by atoms with Crippen LogP contribution in [0, 0.1) is 0 Å². The summed E-state index contributed by atoms with van der Waals surface area (Å²) >= 11 is 0. The maximum absolute atomic E-state index is 5.19. The fourth-order valence-corrected chi connectivity index (χ4v) is 2.85. The van der Waals surface area contributed by atoms with Gasteiger partial charge in [-0.05, 0) is 43.4 Å². The van der Waals surface area contributed by atoms with Crippen molar-refractivity contribution >= 4 is 0 Å². The Morgan fingerprint density at radius 2 is 2.05 bits per heavy atom. The lowest BCUT2D eigenvalue weighted by Crippen LogP contribution is -2.41. The summed E-state index contributed by atoms with van der Waals surface area (Å²) in [5, 5.41) is 10.5. The van der Waals surface area contributed by atoms with Crippen molar-refractivity contribution in [2.45, 2.75) is 37.8 Å². The number of methoxy groups -OCH3 is 1. The molecule has 0 aliphatic heterocycles. The Balaban J connectivity index is 1.50. The highest BCUT2D eigenvalue weighted by Gasteiger charge is 2.31. The van der Waals surface area contributed by atoms with Crippen molar-refractivity contribution < 1.29 is 4.74 Å². The Bertz CT molecular complexity index is 529. The minimum Gasteiger partial charge on any atom is -0.497 e. The van der Waals surface area contributed by atoms with Crippen LogP contribution in [0.5, 0.6) is 5.75 Å². The Hall–Kier alpha value is -1.81. The van der Waals surface area contributed by atoms with E-state index in [0.29, 0.717) is 18.0 Å². The van der Waals surface area contributed by atoms with E-state index in [4.69, 9.17) is 4.74 Å². The summed E-state index contributed by atoms with van der Waals surface area (Å²) in [5.74, 6) is 1.60.